The van der Waals surface area contributed by atoms with Crippen molar-refractivity contribution in [1.82, 2.24) is 0 Å². The van der Waals surface area contributed by atoms with Gasteiger partial charge in [-0.05, 0) is 13.0 Å². The van der Waals surface area contributed by atoms with E-state index >= 15 is 0 Å². The van der Waals surface area contributed by atoms with Crippen LogP contribution in [-0.4, -0.2) is 16.5 Å². The fourth-order valence-corrected chi connectivity index (χ4v) is 1.19. The number of nitrogens with two attached hydrogens (primary N) is 1. The fraction of sp³-hybridized carbons (Fsp3) is 0.333. The zero-order chi connectivity index (χ0) is 12.5. The highest BCUT2D eigenvalue weighted by molar-refractivity contribution is 5.46. The van der Waals surface area contributed by atoms with Crippen LogP contribution in [0, 0.1) is 10.1 Å². The van der Waals surface area contributed by atoms with Crippen molar-refractivity contribution in [3.05, 3.63) is 33.9 Å². The molecule has 0 aliphatic heterocycles. The zero-order valence-corrected chi connectivity index (χ0v) is 8.35. The van der Waals surface area contributed by atoms with Crippen molar-refractivity contribution in [2.45, 2.75) is 18.9 Å². The van der Waals surface area contributed by atoms with Crippen molar-refractivity contribution in [1.29, 1.82) is 0 Å². The number of non-ortho nitro benzene ring substituents is 1. The molecule has 88 valence electrons. The molecule has 5 nitrogen and oxygen atoms in total. The maximum atomic E-state index is 12.6. The van der Waals surface area contributed by atoms with Crippen LogP contribution >= 0.6 is 0 Å². The molecule has 0 amide bonds. The number of phenols is 1. The van der Waals surface area contributed by atoms with Gasteiger partial charge in [0.15, 0.2) is 0 Å². The number of alkyl halides is 2. The lowest BCUT2D eigenvalue weighted by Gasteiger charge is -2.24. The summed E-state index contributed by atoms with van der Waals surface area (Å²) in [5.41, 5.74) is 2.44. The molecule has 7 heteroatoms. The van der Waals surface area contributed by atoms with Gasteiger partial charge in [0.2, 0.25) is 0 Å². The highest BCUT2D eigenvalue weighted by atomic mass is 19.3. The SMILES string of the molecule is CC(N)(c1cc([N+](=O)[O-])ccc1O)C(F)F. The molecule has 0 saturated carbocycles. The number of rotatable bonds is 3. The van der Waals surface area contributed by atoms with Crippen LogP contribution in [0.25, 0.3) is 0 Å². The molecule has 16 heavy (non-hydrogen) atoms. The highest BCUT2D eigenvalue weighted by Gasteiger charge is 2.35. The average Bonchev–Trinajstić information content (AvgIpc) is 2.17. The molecule has 1 aromatic rings. The van der Waals surface area contributed by atoms with E-state index in [1.54, 1.807) is 0 Å². The highest BCUT2D eigenvalue weighted by Crippen LogP contribution is 2.34. The number of aromatic hydroxyl groups is 1. The lowest BCUT2D eigenvalue weighted by molar-refractivity contribution is -0.385. The van der Waals surface area contributed by atoms with E-state index in [1.807, 2.05) is 0 Å². The van der Waals surface area contributed by atoms with E-state index in [0.717, 1.165) is 25.1 Å². The van der Waals surface area contributed by atoms with Crippen molar-refractivity contribution in [2.75, 3.05) is 0 Å². The molecule has 0 heterocycles. The second-order valence-electron chi connectivity index (χ2n) is 3.54. The van der Waals surface area contributed by atoms with Crippen LogP contribution in [-0.2, 0) is 5.54 Å². The number of nitro groups is 1. The number of benzene rings is 1. The maximum Gasteiger partial charge on any atom is 0.270 e. The summed E-state index contributed by atoms with van der Waals surface area (Å²) in [5, 5.41) is 19.8. The Morgan fingerprint density at radius 1 is 1.56 bits per heavy atom. The van der Waals surface area contributed by atoms with Gasteiger partial charge in [-0.3, -0.25) is 10.1 Å². The second-order valence-corrected chi connectivity index (χ2v) is 3.54. The first kappa shape index (κ1) is 12.3. The van der Waals surface area contributed by atoms with Crippen LogP contribution in [0.3, 0.4) is 0 Å². The van der Waals surface area contributed by atoms with E-state index < -0.39 is 28.3 Å². The van der Waals surface area contributed by atoms with E-state index in [-0.39, 0.29) is 5.56 Å². The summed E-state index contributed by atoms with van der Waals surface area (Å²) in [6.07, 6.45) is -2.94. The molecule has 0 aliphatic carbocycles. The molecule has 0 aromatic heterocycles. The van der Waals surface area contributed by atoms with Crippen molar-refractivity contribution in [3.63, 3.8) is 0 Å². The summed E-state index contributed by atoms with van der Waals surface area (Å²) >= 11 is 0. The lowest BCUT2D eigenvalue weighted by Crippen LogP contribution is -2.40. The first-order valence-electron chi connectivity index (χ1n) is 4.31. The minimum Gasteiger partial charge on any atom is -0.508 e. The van der Waals surface area contributed by atoms with Crippen LogP contribution in [0.2, 0.25) is 0 Å². The first-order valence-corrected chi connectivity index (χ1v) is 4.31. The van der Waals surface area contributed by atoms with E-state index in [0.29, 0.717) is 0 Å². The molecule has 3 N–H and O–H groups in total. The number of hydrogen-bond acceptors (Lipinski definition) is 4. The average molecular weight is 232 g/mol. The standard InChI is InChI=1S/C9H10F2N2O3/c1-9(12,8(10)11)6-4-5(13(15)16)2-3-7(6)14/h2-4,8,14H,12H2,1H3. The monoisotopic (exact) mass is 232 g/mol. The van der Waals surface area contributed by atoms with Crippen molar-refractivity contribution < 1.29 is 18.8 Å². The van der Waals surface area contributed by atoms with Crippen molar-refractivity contribution >= 4 is 5.69 Å². The van der Waals surface area contributed by atoms with Gasteiger partial charge in [-0.1, -0.05) is 0 Å². The fourth-order valence-electron chi connectivity index (χ4n) is 1.19. The Morgan fingerprint density at radius 2 is 2.12 bits per heavy atom. The molecule has 1 unspecified atom stereocenters. The molecule has 0 saturated heterocycles. The van der Waals surface area contributed by atoms with Crippen molar-refractivity contribution in [2.24, 2.45) is 5.73 Å². The van der Waals surface area contributed by atoms with E-state index in [1.165, 1.54) is 0 Å². The van der Waals surface area contributed by atoms with Gasteiger partial charge in [0, 0.05) is 17.7 Å². The van der Waals surface area contributed by atoms with Gasteiger partial charge in [-0.2, -0.15) is 0 Å². The molecule has 1 aromatic carbocycles. The van der Waals surface area contributed by atoms with Gasteiger partial charge in [0.1, 0.15) is 11.3 Å². The molecule has 0 radical (unpaired) electrons. The first-order chi connectivity index (χ1) is 7.26. The Labute approximate surface area is 89.6 Å². The molecule has 0 spiro atoms. The van der Waals surface area contributed by atoms with Crippen LogP contribution in [0.4, 0.5) is 14.5 Å². The molecule has 0 bridgehead atoms. The number of phenolic OH excluding ortho intramolecular Hbond substituents is 1. The molecule has 0 aliphatic rings. The minimum absolute atomic E-state index is 0.350. The molecule has 1 rings (SSSR count). The predicted molar refractivity (Wildman–Crippen MR) is 52.3 cm³/mol. The van der Waals surface area contributed by atoms with Crippen LogP contribution in [0.15, 0.2) is 18.2 Å². The molecule has 0 fully saturated rings. The predicted octanol–water partition coefficient (Wildman–Crippen LogP) is 1.74. The molecular formula is C9H10F2N2O3. The van der Waals surface area contributed by atoms with Crippen LogP contribution in [0.5, 0.6) is 5.75 Å². The Balaban J connectivity index is 3.32. The third-order valence-corrected chi connectivity index (χ3v) is 2.22. The van der Waals surface area contributed by atoms with Crippen LogP contribution in [0.1, 0.15) is 12.5 Å². The Hall–Kier alpha value is -1.76. The lowest BCUT2D eigenvalue weighted by atomic mass is 9.92. The normalized spacial score (nSPS) is 14.8. The van der Waals surface area contributed by atoms with Gasteiger partial charge in [0.05, 0.1) is 4.92 Å². The summed E-state index contributed by atoms with van der Waals surface area (Å²) in [7, 11) is 0. The summed E-state index contributed by atoms with van der Waals surface area (Å²) in [4.78, 5) is 9.71. The summed E-state index contributed by atoms with van der Waals surface area (Å²) in [6.45, 7) is 0.996. The summed E-state index contributed by atoms with van der Waals surface area (Å²) in [6, 6.07) is 2.84. The maximum absolute atomic E-state index is 12.6. The smallest absolute Gasteiger partial charge is 0.270 e. The number of nitro benzene ring substituents is 1. The third kappa shape index (κ3) is 2.08. The van der Waals surface area contributed by atoms with Gasteiger partial charge in [0.25, 0.3) is 12.1 Å². The van der Waals surface area contributed by atoms with Gasteiger partial charge in [-0.25, -0.2) is 8.78 Å². The zero-order valence-electron chi connectivity index (χ0n) is 8.35. The minimum atomic E-state index is -2.94. The van der Waals surface area contributed by atoms with Gasteiger partial charge in [-0.15, -0.1) is 0 Å². The third-order valence-electron chi connectivity index (χ3n) is 2.22. The van der Waals surface area contributed by atoms with Crippen LogP contribution < -0.4 is 5.73 Å². The topological polar surface area (TPSA) is 89.4 Å². The number of nitrogens with zero attached hydrogens (tertiary/aromatic N) is 1. The van der Waals surface area contributed by atoms with E-state index in [2.05, 4.69) is 0 Å². The van der Waals surface area contributed by atoms with Crippen molar-refractivity contribution in [3.8, 4) is 5.75 Å². The second kappa shape index (κ2) is 4.01. The molecular weight excluding hydrogens is 222 g/mol. The number of halogens is 2. The molecule has 1 atom stereocenters. The summed E-state index contributed by atoms with van der Waals surface area (Å²) < 4.78 is 25.2. The quantitative estimate of drug-likeness (QED) is 0.613. The van der Waals surface area contributed by atoms with E-state index in [9.17, 15) is 24.0 Å². The Morgan fingerprint density at radius 3 is 2.56 bits per heavy atom. The Bertz CT molecular complexity index is 421. The largest absolute Gasteiger partial charge is 0.508 e. The van der Waals surface area contributed by atoms with Gasteiger partial charge >= 0.3 is 0 Å². The summed E-state index contributed by atoms with van der Waals surface area (Å²) in [5.74, 6) is -0.490. The van der Waals surface area contributed by atoms with Gasteiger partial charge < -0.3 is 10.8 Å². The number of hydrogen-bond donors (Lipinski definition) is 2. The Kier molecular flexibility index (Phi) is 3.09. The van der Waals surface area contributed by atoms with E-state index in [4.69, 9.17) is 5.73 Å².